The molecule has 1 aliphatic carbocycles. The van der Waals surface area contributed by atoms with Crippen LogP contribution in [0.15, 0.2) is 24.3 Å². The number of carbonyl (C=O) groups is 2. The normalized spacial score (nSPS) is 16.8. The summed E-state index contributed by atoms with van der Waals surface area (Å²) in [7, 11) is 1.58. The number of aryl methyl sites for hydroxylation is 1. The summed E-state index contributed by atoms with van der Waals surface area (Å²) in [4.78, 5) is 32.0. The summed E-state index contributed by atoms with van der Waals surface area (Å²) in [6.45, 7) is 4.47. The van der Waals surface area contributed by atoms with Crippen LogP contribution < -0.4 is 9.47 Å². The molecule has 2 aliphatic rings. The maximum absolute atomic E-state index is 13.8. The van der Waals surface area contributed by atoms with E-state index in [1.165, 1.54) is 11.3 Å². The highest BCUT2D eigenvalue weighted by Gasteiger charge is 2.45. The van der Waals surface area contributed by atoms with Crippen LogP contribution in [0.3, 0.4) is 0 Å². The summed E-state index contributed by atoms with van der Waals surface area (Å²) in [5, 5.41) is 10.3. The molecule has 1 N–H and O–H groups in total. The molecule has 0 amide bonds. The third-order valence-electron chi connectivity index (χ3n) is 7.43. The first-order valence-corrected chi connectivity index (χ1v) is 13.7. The minimum absolute atomic E-state index is 0.0755. The van der Waals surface area contributed by atoms with E-state index in [0.717, 1.165) is 60.2 Å². The van der Waals surface area contributed by atoms with Crippen LogP contribution >= 0.6 is 11.3 Å². The molecule has 1 saturated heterocycles. The Morgan fingerprint density at radius 3 is 2.44 bits per heavy atom. The minimum Gasteiger partial charge on any atom is -0.493 e. The van der Waals surface area contributed by atoms with E-state index in [-0.39, 0.29) is 25.0 Å². The molecule has 1 aliphatic heterocycles. The highest BCUT2D eigenvalue weighted by atomic mass is 32.1. The summed E-state index contributed by atoms with van der Waals surface area (Å²) in [5.74, 6) is -2.17. The van der Waals surface area contributed by atoms with Crippen LogP contribution in [0.5, 0.6) is 11.5 Å². The SMILES string of the molecule is COc1cc2sc(CCC(=O)C3(CC(=O)O)Cc4cc(F)c(F)cc4C3)nc2cc1OCCN1CCOCC1. The number of carbonyl (C=O) groups excluding carboxylic acids is 1. The summed E-state index contributed by atoms with van der Waals surface area (Å²) in [6, 6.07) is 5.84. The molecular formula is C28H30F2N2O6S. The maximum Gasteiger partial charge on any atom is 0.304 e. The van der Waals surface area contributed by atoms with Gasteiger partial charge in [-0.3, -0.25) is 14.5 Å². The van der Waals surface area contributed by atoms with Gasteiger partial charge in [0.1, 0.15) is 12.4 Å². The largest absolute Gasteiger partial charge is 0.493 e. The van der Waals surface area contributed by atoms with E-state index < -0.39 is 29.4 Å². The first-order valence-electron chi connectivity index (χ1n) is 12.9. The third-order valence-corrected chi connectivity index (χ3v) is 8.51. The number of morpholine rings is 1. The fourth-order valence-corrected chi connectivity index (χ4v) is 6.40. The Morgan fingerprint density at radius 1 is 1.10 bits per heavy atom. The fraction of sp³-hybridized carbons (Fsp3) is 0.464. The number of hydrogen-bond donors (Lipinski definition) is 1. The molecule has 2 heterocycles. The van der Waals surface area contributed by atoms with E-state index in [9.17, 15) is 23.5 Å². The second-order valence-electron chi connectivity index (χ2n) is 10.0. The van der Waals surface area contributed by atoms with Gasteiger partial charge in [-0.15, -0.1) is 11.3 Å². The van der Waals surface area contributed by atoms with Gasteiger partial charge in [0.25, 0.3) is 0 Å². The Hall–Kier alpha value is -3.15. The van der Waals surface area contributed by atoms with E-state index >= 15 is 0 Å². The Balaban J connectivity index is 1.27. The predicted molar refractivity (Wildman–Crippen MR) is 141 cm³/mol. The zero-order valence-corrected chi connectivity index (χ0v) is 22.5. The van der Waals surface area contributed by atoms with Gasteiger partial charge in [0.15, 0.2) is 23.1 Å². The number of nitrogens with zero attached hydrogens (tertiary/aromatic N) is 2. The van der Waals surface area contributed by atoms with Crippen LogP contribution in [-0.4, -0.2) is 73.3 Å². The zero-order valence-electron chi connectivity index (χ0n) is 21.6. The van der Waals surface area contributed by atoms with Gasteiger partial charge in [0.05, 0.1) is 42.0 Å². The highest BCUT2D eigenvalue weighted by molar-refractivity contribution is 7.18. The number of ketones is 1. The van der Waals surface area contributed by atoms with Crippen molar-refractivity contribution in [3.8, 4) is 11.5 Å². The van der Waals surface area contributed by atoms with Gasteiger partial charge in [0.2, 0.25) is 0 Å². The quantitative estimate of drug-likeness (QED) is 0.375. The first-order chi connectivity index (χ1) is 18.8. The van der Waals surface area contributed by atoms with Crippen molar-refractivity contribution < 1.29 is 37.7 Å². The summed E-state index contributed by atoms with van der Waals surface area (Å²) in [5.41, 5.74) is 0.466. The molecule has 1 fully saturated rings. The topological polar surface area (TPSA) is 98.2 Å². The van der Waals surface area contributed by atoms with Gasteiger partial charge < -0.3 is 19.3 Å². The Bertz CT molecular complexity index is 1360. The van der Waals surface area contributed by atoms with Crippen molar-refractivity contribution in [2.24, 2.45) is 5.41 Å². The number of thiazole rings is 1. The number of hydrogen-bond acceptors (Lipinski definition) is 8. The summed E-state index contributed by atoms with van der Waals surface area (Å²) < 4.78 is 45.4. The van der Waals surface area contributed by atoms with Crippen molar-refractivity contribution in [2.45, 2.75) is 32.1 Å². The van der Waals surface area contributed by atoms with Gasteiger partial charge >= 0.3 is 5.97 Å². The molecule has 2 aromatic carbocycles. The molecular weight excluding hydrogens is 530 g/mol. The number of aliphatic carboxylic acids is 1. The van der Waals surface area contributed by atoms with Crippen LogP contribution in [0, 0.1) is 17.0 Å². The Morgan fingerprint density at radius 2 is 1.79 bits per heavy atom. The van der Waals surface area contributed by atoms with Gasteiger partial charge in [-0.25, -0.2) is 13.8 Å². The molecule has 0 atom stereocenters. The number of halogens is 2. The number of benzene rings is 2. The lowest BCUT2D eigenvalue weighted by molar-refractivity contribution is -0.144. The number of fused-ring (bicyclic) bond motifs is 2. The molecule has 0 spiro atoms. The number of carboxylic acids is 1. The van der Waals surface area contributed by atoms with Gasteiger partial charge in [-0.1, -0.05) is 0 Å². The van der Waals surface area contributed by atoms with Crippen LogP contribution in [0.2, 0.25) is 0 Å². The Labute approximate surface area is 228 Å². The van der Waals surface area contributed by atoms with E-state index in [2.05, 4.69) is 9.88 Å². The van der Waals surface area contributed by atoms with Gasteiger partial charge in [-0.2, -0.15) is 0 Å². The number of Topliss-reactive ketones (excluding diaryl/α,β-unsaturated/α-hetero) is 1. The molecule has 5 rings (SSSR count). The molecule has 3 aromatic rings. The monoisotopic (exact) mass is 560 g/mol. The van der Waals surface area contributed by atoms with Crippen molar-refractivity contribution in [3.05, 3.63) is 52.0 Å². The molecule has 8 nitrogen and oxygen atoms in total. The van der Waals surface area contributed by atoms with Gasteiger partial charge in [0, 0.05) is 50.0 Å². The number of aromatic nitrogens is 1. The number of carboxylic acid groups (broad SMARTS) is 1. The molecule has 0 bridgehead atoms. The molecule has 11 heteroatoms. The number of ether oxygens (including phenoxy) is 3. The maximum atomic E-state index is 13.8. The average Bonchev–Trinajstić information content (AvgIpc) is 3.47. The zero-order chi connectivity index (χ0) is 27.6. The van der Waals surface area contributed by atoms with Crippen molar-refractivity contribution in [2.75, 3.05) is 46.6 Å². The molecule has 0 unspecified atom stereocenters. The van der Waals surface area contributed by atoms with Gasteiger partial charge in [-0.05, 0) is 36.1 Å². The Kier molecular flexibility index (Phi) is 8.11. The van der Waals surface area contributed by atoms with E-state index in [1.807, 2.05) is 12.1 Å². The minimum atomic E-state index is -1.23. The second kappa shape index (κ2) is 11.5. The predicted octanol–water partition coefficient (Wildman–Crippen LogP) is 4.06. The molecule has 0 radical (unpaired) electrons. The second-order valence-corrected chi connectivity index (χ2v) is 11.2. The molecule has 1 aromatic heterocycles. The molecule has 208 valence electrons. The van der Waals surface area contributed by atoms with Crippen molar-refractivity contribution >= 4 is 33.3 Å². The fourth-order valence-electron chi connectivity index (χ4n) is 5.42. The number of rotatable bonds is 11. The standard InChI is InChI=1S/C28H30F2N2O6S/c1-36-22-13-24-21(12-23(22)38-9-6-32-4-7-37-8-5-32)31-26(39-24)3-2-25(33)28(16-27(34)35)14-17-10-19(29)20(30)11-18(17)15-28/h10-13H,2-9,14-16H2,1H3,(H,34,35). The molecule has 39 heavy (non-hydrogen) atoms. The summed E-state index contributed by atoms with van der Waals surface area (Å²) in [6.07, 6.45) is 0.159. The van der Waals surface area contributed by atoms with E-state index in [0.29, 0.717) is 35.7 Å². The third kappa shape index (κ3) is 6.05. The van der Waals surface area contributed by atoms with Crippen LogP contribution in [0.1, 0.15) is 29.0 Å². The van der Waals surface area contributed by atoms with Crippen molar-refractivity contribution in [1.29, 1.82) is 0 Å². The van der Waals surface area contributed by atoms with E-state index in [4.69, 9.17) is 14.2 Å². The lowest BCUT2D eigenvalue weighted by Crippen LogP contribution is -2.38. The van der Waals surface area contributed by atoms with Crippen LogP contribution in [-0.2, 0) is 33.6 Å². The van der Waals surface area contributed by atoms with Crippen LogP contribution in [0.25, 0.3) is 10.2 Å². The molecule has 0 saturated carbocycles. The van der Waals surface area contributed by atoms with E-state index in [1.54, 1.807) is 7.11 Å². The smallest absolute Gasteiger partial charge is 0.304 e. The van der Waals surface area contributed by atoms with Crippen molar-refractivity contribution in [1.82, 2.24) is 9.88 Å². The lowest BCUT2D eigenvalue weighted by Gasteiger charge is -2.26. The average molecular weight is 561 g/mol. The lowest BCUT2D eigenvalue weighted by atomic mass is 9.76. The number of methoxy groups -OCH3 is 1. The first kappa shape index (κ1) is 27.4. The van der Waals surface area contributed by atoms with Crippen molar-refractivity contribution in [3.63, 3.8) is 0 Å². The van der Waals surface area contributed by atoms with Crippen LogP contribution in [0.4, 0.5) is 8.78 Å². The summed E-state index contributed by atoms with van der Waals surface area (Å²) >= 11 is 1.43. The highest BCUT2D eigenvalue weighted by Crippen LogP contribution is 2.43.